The van der Waals surface area contributed by atoms with Crippen LogP contribution in [-0.4, -0.2) is 52.8 Å². The fourth-order valence-corrected chi connectivity index (χ4v) is 4.32. The molecule has 0 saturated carbocycles. The molecule has 0 aliphatic carbocycles. The van der Waals surface area contributed by atoms with Gasteiger partial charge >= 0.3 is 0 Å². The van der Waals surface area contributed by atoms with E-state index in [1.165, 1.54) is 6.07 Å². The fourth-order valence-electron chi connectivity index (χ4n) is 3.06. The Morgan fingerprint density at radius 1 is 1.00 bits per heavy atom. The first-order chi connectivity index (χ1) is 15.9. The average molecular weight is 468 g/mol. The van der Waals surface area contributed by atoms with Crippen LogP contribution in [0.25, 0.3) is 11.4 Å². The van der Waals surface area contributed by atoms with E-state index in [2.05, 4.69) is 36.0 Å². The number of amidine groups is 1. The highest BCUT2D eigenvalue weighted by Crippen LogP contribution is 2.22. The minimum atomic E-state index is -3.59. The molecule has 170 valence electrons. The van der Waals surface area contributed by atoms with Gasteiger partial charge in [-0.3, -0.25) is 30.2 Å². The molecule has 0 bridgehead atoms. The molecule has 1 aliphatic rings. The zero-order valence-corrected chi connectivity index (χ0v) is 18.1. The number of carbonyl (C=O) groups excluding carboxylic acids is 2. The topological polar surface area (TPSA) is 160 Å². The summed E-state index contributed by atoms with van der Waals surface area (Å²) in [7, 11) is -3.59. The van der Waals surface area contributed by atoms with E-state index < -0.39 is 21.8 Å². The molecule has 4 rings (SSSR count). The Morgan fingerprint density at radius 3 is 2.55 bits per heavy atom. The number of hydrazine groups is 1. The first kappa shape index (κ1) is 22.1. The Hall–Kier alpha value is -4.13. The SMILES string of the molecule is O=C(CCCN=C1NS(=O)(=O)c2ccccc21)NNC(=O)Cn1nnc(-c2ccccc2)n1. The van der Waals surface area contributed by atoms with Gasteiger partial charge in [-0.25, -0.2) is 8.42 Å². The van der Waals surface area contributed by atoms with Crippen molar-refractivity contribution in [2.75, 3.05) is 6.54 Å². The molecule has 1 aliphatic heterocycles. The van der Waals surface area contributed by atoms with E-state index in [-0.39, 0.29) is 30.2 Å². The number of tetrazole rings is 1. The molecule has 2 amide bonds. The molecule has 0 fully saturated rings. The third-order valence-corrected chi connectivity index (χ3v) is 6.00. The highest BCUT2D eigenvalue weighted by molar-refractivity contribution is 7.90. The van der Waals surface area contributed by atoms with Crippen molar-refractivity contribution in [3.05, 3.63) is 60.2 Å². The van der Waals surface area contributed by atoms with Gasteiger partial charge in [0, 0.05) is 24.1 Å². The van der Waals surface area contributed by atoms with E-state index in [1.54, 1.807) is 18.2 Å². The van der Waals surface area contributed by atoms with Crippen molar-refractivity contribution in [2.24, 2.45) is 4.99 Å². The highest BCUT2D eigenvalue weighted by Gasteiger charge is 2.29. The Balaban J connectivity index is 1.19. The van der Waals surface area contributed by atoms with Crippen molar-refractivity contribution in [1.29, 1.82) is 0 Å². The van der Waals surface area contributed by atoms with Crippen molar-refractivity contribution in [2.45, 2.75) is 24.3 Å². The third kappa shape index (κ3) is 5.38. The van der Waals surface area contributed by atoms with Gasteiger partial charge < -0.3 is 0 Å². The van der Waals surface area contributed by atoms with E-state index >= 15 is 0 Å². The van der Waals surface area contributed by atoms with Crippen LogP contribution in [0.3, 0.4) is 0 Å². The second-order valence-electron chi connectivity index (χ2n) is 7.04. The van der Waals surface area contributed by atoms with Crippen LogP contribution in [0.15, 0.2) is 64.5 Å². The largest absolute Gasteiger partial charge is 0.273 e. The van der Waals surface area contributed by atoms with E-state index in [1.807, 2.05) is 30.3 Å². The second-order valence-corrected chi connectivity index (χ2v) is 8.69. The van der Waals surface area contributed by atoms with E-state index in [9.17, 15) is 18.0 Å². The van der Waals surface area contributed by atoms with Crippen molar-refractivity contribution in [1.82, 2.24) is 35.8 Å². The zero-order chi connectivity index (χ0) is 23.3. The maximum absolute atomic E-state index is 12.0. The van der Waals surface area contributed by atoms with Crippen LogP contribution in [0.5, 0.6) is 0 Å². The number of carbonyl (C=O) groups is 2. The van der Waals surface area contributed by atoms with E-state index in [0.29, 0.717) is 17.8 Å². The molecular weight excluding hydrogens is 448 g/mol. The summed E-state index contributed by atoms with van der Waals surface area (Å²) < 4.78 is 26.5. The van der Waals surface area contributed by atoms with Gasteiger partial charge in [-0.15, -0.1) is 10.2 Å². The van der Waals surface area contributed by atoms with Gasteiger partial charge in [0.05, 0.1) is 4.90 Å². The highest BCUT2D eigenvalue weighted by atomic mass is 32.2. The van der Waals surface area contributed by atoms with Crippen molar-refractivity contribution in [3.8, 4) is 11.4 Å². The summed E-state index contributed by atoms with van der Waals surface area (Å²) >= 11 is 0. The first-order valence-corrected chi connectivity index (χ1v) is 11.5. The third-order valence-electron chi connectivity index (χ3n) is 4.61. The molecule has 2 heterocycles. The second kappa shape index (κ2) is 9.56. The first-order valence-electron chi connectivity index (χ1n) is 10.00. The van der Waals surface area contributed by atoms with Gasteiger partial charge in [0.25, 0.3) is 15.9 Å². The number of nitrogens with one attached hydrogen (secondary N) is 3. The lowest BCUT2D eigenvalue weighted by molar-refractivity contribution is -0.129. The molecule has 13 heteroatoms. The molecule has 0 unspecified atom stereocenters. The number of hydrogen-bond acceptors (Lipinski definition) is 8. The minimum Gasteiger partial charge on any atom is -0.273 e. The summed E-state index contributed by atoms with van der Waals surface area (Å²) in [6.07, 6.45) is 0.450. The molecular formula is C20H20N8O4S. The van der Waals surface area contributed by atoms with Gasteiger partial charge in [0.1, 0.15) is 12.4 Å². The Labute approximate surface area is 189 Å². The van der Waals surface area contributed by atoms with Gasteiger partial charge in [0.15, 0.2) is 0 Å². The van der Waals surface area contributed by atoms with Crippen LogP contribution in [-0.2, 0) is 26.2 Å². The number of aliphatic imine (C=N–C) groups is 1. The number of rotatable bonds is 7. The van der Waals surface area contributed by atoms with Crippen LogP contribution in [0.2, 0.25) is 0 Å². The Bertz CT molecular complexity index is 1300. The number of benzene rings is 2. The predicted octanol–water partition coefficient (Wildman–Crippen LogP) is 0.00640. The number of aromatic nitrogens is 4. The molecule has 0 spiro atoms. The lowest BCUT2D eigenvalue weighted by Crippen LogP contribution is -2.43. The smallest absolute Gasteiger partial charge is 0.263 e. The number of fused-ring (bicyclic) bond motifs is 1. The summed E-state index contributed by atoms with van der Waals surface area (Å²) in [6, 6.07) is 15.7. The monoisotopic (exact) mass is 468 g/mol. The van der Waals surface area contributed by atoms with Crippen molar-refractivity contribution in [3.63, 3.8) is 0 Å². The normalized spacial score (nSPS) is 15.0. The van der Waals surface area contributed by atoms with Gasteiger partial charge in [0.2, 0.25) is 11.7 Å². The summed E-state index contributed by atoms with van der Waals surface area (Å²) in [5.41, 5.74) is 5.88. The number of nitrogens with zero attached hydrogens (tertiary/aromatic N) is 5. The minimum absolute atomic E-state index is 0.0885. The van der Waals surface area contributed by atoms with Crippen LogP contribution in [0.4, 0.5) is 0 Å². The maximum atomic E-state index is 12.0. The van der Waals surface area contributed by atoms with Gasteiger partial charge in [-0.2, -0.15) is 4.80 Å². The Kier molecular flexibility index (Phi) is 6.40. The number of amides is 2. The molecule has 0 saturated heterocycles. The molecule has 0 radical (unpaired) electrons. The standard InChI is InChI=1S/C20H20N8O4S/c29-17(11-6-12-21-20-15-9-4-5-10-16(15)33(31,32)26-20)22-23-18(30)13-28-25-19(24-27-28)14-7-2-1-3-8-14/h1-5,7-10H,6,11-13H2,(H,21,26)(H,22,29)(H,23,30). The summed E-state index contributed by atoms with van der Waals surface area (Å²) in [6.45, 7) is 0.0199. The Morgan fingerprint density at radius 2 is 1.73 bits per heavy atom. The maximum Gasteiger partial charge on any atom is 0.263 e. The molecule has 2 aromatic carbocycles. The zero-order valence-electron chi connectivity index (χ0n) is 17.3. The summed E-state index contributed by atoms with van der Waals surface area (Å²) in [4.78, 5) is 29.5. The predicted molar refractivity (Wildman–Crippen MR) is 117 cm³/mol. The van der Waals surface area contributed by atoms with Crippen molar-refractivity contribution < 1.29 is 18.0 Å². The molecule has 3 N–H and O–H groups in total. The average Bonchev–Trinajstić information content (AvgIpc) is 3.38. The molecule has 12 nitrogen and oxygen atoms in total. The summed E-state index contributed by atoms with van der Waals surface area (Å²) in [5, 5.41) is 11.9. The van der Waals surface area contributed by atoms with E-state index in [0.717, 1.165) is 10.4 Å². The lowest BCUT2D eigenvalue weighted by Gasteiger charge is -2.06. The number of hydrogen-bond donors (Lipinski definition) is 3. The summed E-state index contributed by atoms with van der Waals surface area (Å²) in [5.74, 6) is -0.277. The quantitative estimate of drug-likeness (QED) is 0.325. The van der Waals surface area contributed by atoms with Gasteiger partial charge in [-0.1, -0.05) is 42.5 Å². The van der Waals surface area contributed by atoms with Crippen LogP contribution >= 0.6 is 0 Å². The van der Waals surface area contributed by atoms with E-state index in [4.69, 9.17) is 0 Å². The van der Waals surface area contributed by atoms with Crippen LogP contribution in [0, 0.1) is 0 Å². The fraction of sp³-hybridized carbons (Fsp3) is 0.200. The lowest BCUT2D eigenvalue weighted by atomic mass is 10.2. The molecule has 1 aromatic heterocycles. The molecule has 0 atom stereocenters. The molecule has 3 aromatic rings. The van der Waals surface area contributed by atoms with Crippen LogP contribution in [0.1, 0.15) is 18.4 Å². The van der Waals surface area contributed by atoms with Crippen LogP contribution < -0.4 is 15.6 Å². The molecule has 33 heavy (non-hydrogen) atoms. The van der Waals surface area contributed by atoms with Gasteiger partial charge in [-0.05, 0) is 23.8 Å². The van der Waals surface area contributed by atoms with Crippen molar-refractivity contribution >= 4 is 27.7 Å². The number of sulfonamides is 1.